The minimum absolute atomic E-state index is 0.140. The number of ether oxygens (including phenoxy) is 1. The van der Waals surface area contributed by atoms with Gasteiger partial charge in [-0.2, -0.15) is 0 Å². The monoisotopic (exact) mass is 551 g/mol. The molecular weight excluding hydrogens is 524 g/mol. The maximum Gasteiger partial charge on any atom is 0.254 e. The fraction of sp³-hybridized carbons (Fsp3) is 0.241. The molecule has 0 saturated carbocycles. The first kappa shape index (κ1) is 26.7. The maximum atomic E-state index is 14.0. The van der Waals surface area contributed by atoms with E-state index in [1.54, 1.807) is 47.5 Å². The highest BCUT2D eigenvalue weighted by Gasteiger charge is 2.25. The standard InChI is InChI=1S/C29H27F2N3O4S/c1-38-26-16-21(29(35)34-14-12-33(13-15-34)18-22-9-10-24(30)17-25(22)31)7-8-23(26)19-39(36,37)27-6-2-4-20-5-3-11-32-28(20)27/h2-11,16-17H,12-15,18-19H2,1H3. The number of amides is 1. The topological polar surface area (TPSA) is 79.8 Å². The molecule has 39 heavy (non-hydrogen) atoms. The molecule has 0 N–H and O–H groups in total. The zero-order chi connectivity index (χ0) is 27.6. The number of sulfone groups is 1. The third-order valence-corrected chi connectivity index (χ3v) is 8.57. The van der Waals surface area contributed by atoms with E-state index in [0.29, 0.717) is 60.7 Å². The second-order valence-corrected chi connectivity index (χ2v) is 11.4. The Kier molecular flexibility index (Phi) is 7.58. The first-order valence-electron chi connectivity index (χ1n) is 12.4. The molecule has 2 heterocycles. The van der Waals surface area contributed by atoms with E-state index in [2.05, 4.69) is 4.98 Å². The van der Waals surface area contributed by atoms with Crippen LogP contribution in [-0.2, 0) is 22.1 Å². The van der Waals surface area contributed by atoms with Gasteiger partial charge in [0.2, 0.25) is 0 Å². The number of rotatable bonds is 7. The van der Waals surface area contributed by atoms with Gasteiger partial charge < -0.3 is 9.64 Å². The number of methoxy groups -OCH3 is 1. The number of para-hydroxylation sites is 1. The summed E-state index contributed by atoms with van der Waals surface area (Å²) in [5, 5.41) is 0.731. The highest BCUT2D eigenvalue weighted by Crippen LogP contribution is 2.29. The Balaban J connectivity index is 1.28. The van der Waals surface area contributed by atoms with Gasteiger partial charge >= 0.3 is 0 Å². The van der Waals surface area contributed by atoms with Crippen molar-refractivity contribution in [1.82, 2.24) is 14.8 Å². The third kappa shape index (κ3) is 5.76. The molecule has 1 saturated heterocycles. The van der Waals surface area contributed by atoms with Crippen molar-refractivity contribution in [2.45, 2.75) is 17.2 Å². The summed E-state index contributed by atoms with van der Waals surface area (Å²) in [6.45, 7) is 2.28. The van der Waals surface area contributed by atoms with Crippen LogP contribution in [0.15, 0.2) is 77.8 Å². The van der Waals surface area contributed by atoms with Crippen molar-refractivity contribution in [2.75, 3.05) is 33.3 Å². The molecule has 0 aliphatic carbocycles. The summed E-state index contributed by atoms with van der Waals surface area (Å²) in [5.41, 5.74) is 1.64. The summed E-state index contributed by atoms with van der Waals surface area (Å²) in [6, 6.07) is 16.9. The number of benzene rings is 3. The lowest BCUT2D eigenvalue weighted by atomic mass is 10.1. The summed E-state index contributed by atoms with van der Waals surface area (Å²) in [7, 11) is -2.32. The van der Waals surface area contributed by atoms with Gasteiger partial charge in [-0.25, -0.2) is 17.2 Å². The summed E-state index contributed by atoms with van der Waals surface area (Å²) in [5.74, 6) is -1.40. The molecule has 3 aromatic carbocycles. The number of hydrogen-bond donors (Lipinski definition) is 0. The molecule has 0 spiro atoms. The normalized spacial score (nSPS) is 14.5. The lowest BCUT2D eigenvalue weighted by Gasteiger charge is -2.35. The van der Waals surface area contributed by atoms with E-state index in [-0.39, 0.29) is 16.6 Å². The molecule has 1 amide bonds. The maximum absolute atomic E-state index is 14.0. The van der Waals surface area contributed by atoms with Crippen LogP contribution in [0, 0.1) is 11.6 Å². The number of hydrogen-bond acceptors (Lipinski definition) is 6. The van der Waals surface area contributed by atoms with E-state index in [4.69, 9.17) is 4.74 Å². The average molecular weight is 552 g/mol. The molecule has 1 aromatic heterocycles. The van der Waals surface area contributed by atoms with Crippen molar-refractivity contribution >= 4 is 26.6 Å². The van der Waals surface area contributed by atoms with Gasteiger partial charge in [-0.3, -0.25) is 14.7 Å². The van der Waals surface area contributed by atoms with Crippen LogP contribution in [0.2, 0.25) is 0 Å². The molecule has 1 fully saturated rings. The minimum Gasteiger partial charge on any atom is -0.496 e. The predicted octanol–water partition coefficient (Wildman–Crippen LogP) is 4.45. The van der Waals surface area contributed by atoms with Crippen molar-refractivity contribution in [2.24, 2.45) is 0 Å². The van der Waals surface area contributed by atoms with Crippen molar-refractivity contribution in [3.05, 3.63) is 101 Å². The molecule has 0 radical (unpaired) electrons. The Morgan fingerprint density at radius 3 is 2.44 bits per heavy atom. The molecular formula is C29H27F2N3O4S. The van der Waals surface area contributed by atoms with E-state index < -0.39 is 21.5 Å². The van der Waals surface area contributed by atoms with Crippen LogP contribution in [0.1, 0.15) is 21.5 Å². The van der Waals surface area contributed by atoms with Gasteiger partial charge in [0.05, 0.1) is 23.3 Å². The first-order chi connectivity index (χ1) is 18.7. The second kappa shape index (κ2) is 11.1. The smallest absolute Gasteiger partial charge is 0.254 e. The fourth-order valence-corrected chi connectivity index (χ4v) is 6.34. The van der Waals surface area contributed by atoms with Crippen LogP contribution >= 0.6 is 0 Å². The molecule has 5 rings (SSSR count). The zero-order valence-electron chi connectivity index (χ0n) is 21.3. The molecule has 202 valence electrons. The van der Waals surface area contributed by atoms with Crippen LogP contribution in [-0.4, -0.2) is 62.4 Å². The van der Waals surface area contributed by atoms with Gasteiger partial charge in [-0.1, -0.05) is 30.3 Å². The van der Waals surface area contributed by atoms with Crippen molar-refractivity contribution in [1.29, 1.82) is 0 Å². The van der Waals surface area contributed by atoms with Crippen molar-refractivity contribution in [3.8, 4) is 5.75 Å². The van der Waals surface area contributed by atoms with E-state index in [9.17, 15) is 22.0 Å². The molecule has 0 bridgehead atoms. The van der Waals surface area contributed by atoms with E-state index in [1.807, 2.05) is 17.0 Å². The van der Waals surface area contributed by atoms with Crippen LogP contribution in [0.5, 0.6) is 5.75 Å². The van der Waals surface area contributed by atoms with E-state index in [0.717, 1.165) is 11.5 Å². The number of carbonyl (C=O) groups excluding carboxylic acids is 1. The predicted molar refractivity (Wildman–Crippen MR) is 143 cm³/mol. The summed E-state index contributed by atoms with van der Waals surface area (Å²) in [6.07, 6.45) is 1.56. The van der Waals surface area contributed by atoms with Gasteiger partial charge in [0.25, 0.3) is 5.91 Å². The van der Waals surface area contributed by atoms with Crippen LogP contribution in [0.25, 0.3) is 10.9 Å². The summed E-state index contributed by atoms with van der Waals surface area (Å²) >= 11 is 0. The van der Waals surface area contributed by atoms with E-state index in [1.165, 1.54) is 19.2 Å². The lowest BCUT2D eigenvalue weighted by molar-refractivity contribution is 0.0626. The minimum atomic E-state index is -3.75. The first-order valence-corrected chi connectivity index (χ1v) is 14.1. The number of nitrogens with zero attached hydrogens (tertiary/aromatic N) is 3. The second-order valence-electron chi connectivity index (χ2n) is 9.42. The van der Waals surface area contributed by atoms with Crippen LogP contribution < -0.4 is 4.74 Å². The Bertz CT molecular complexity index is 1630. The van der Waals surface area contributed by atoms with E-state index >= 15 is 0 Å². The Hall–Kier alpha value is -3.89. The number of pyridine rings is 1. The Labute approximate surface area is 225 Å². The molecule has 10 heteroatoms. The number of halogens is 2. The van der Waals surface area contributed by atoms with Gasteiger partial charge in [-0.05, 0) is 30.3 Å². The molecule has 7 nitrogen and oxygen atoms in total. The zero-order valence-corrected chi connectivity index (χ0v) is 22.1. The molecule has 0 unspecified atom stereocenters. The SMILES string of the molecule is COc1cc(C(=O)N2CCN(Cc3ccc(F)cc3F)CC2)ccc1CS(=O)(=O)c1cccc2cccnc12. The Morgan fingerprint density at radius 2 is 1.69 bits per heavy atom. The number of piperazine rings is 1. The average Bonchev–Trinajstić information content (AvgIpc) is 2.94. The van der Waals surface area contributed by atoms with Gasteiger partial charge in [-0.15, -0.1) is 0 Å². The van der Waals surface area contributed by atoms with Crippen LogP contribution in [0.4, 0.5) is 8.78 Å². The van der Waals surface area contributed by atoms with Gasteiger partial charge in [0.1, 0.15) is 17.4 Å². The highest BCUT2D eigenvalue weighted by molar-refractivity contribution is 7.90. The highest BCUT2D eigenvalue weighted by atomic mass is 32.2. The molecule has 4 aromatic rings. The lowest BCUT2D eigenvalue weighted by Crippen LogP contribution is -2.48. The Morgan fingerprint density at radius 1 is 0.949 bits per heavy atom. The third-order valence-electron chi connectivity index (χ3n) is 6.88. The summed E-state index contributed by atoms with van der Waals surface area (Å²) < 4.78 is 59.3. The molecule has 1 aliphatic rings. The quantitative estimate of drug-likeness (QED) is 0.338. The molecule has 0 atom stereocenters. The van der Waals surface area contributed by atoms with Gasteiger partial charge in [0.15, 0.2) is 9.84 Å². The molecule has 1 aliphatic heterocycles. The largest absolute Gasteiger partial charge is 0.496 e. The fourth-order valence-electron chi connectivity index (χ4n) is 4.79. The number of carbonyl (C=O) groups is 1. The summed E-state index contributed by atoms with van der Waals surface area (Å²) in [4.78, 5) is 21.3. The van der Waals surface area contributed by atoms with Crippen molar-refractivity contribution in [3.63, 3.8) is 0 Å². The number of fused-ring (bicyclic) bond motifs is 1. The van der Waals surface area contributed by atoms with Gasteiger partial charge in [0, 0.05) is 67.1 Å². The van der Waals surface area contributed by atoms with Crippen LogP contribution in [0.3, 0.4) is 0 Å². The number of aromatic nitrogens is 1. The van der Waals surface area contributed by atoms with Crippen molar-refractivity contribution < 1.29 is 26.7 Å².